The summed E-state index contributed by atoms with van der Waals surface area (Å²) in [4.78, 5) is 16.7. The number of nitrogens with one attached hydrogen (secondary N) is 1. The lowest BCUT2D eigenvalue weighted by molar-refractivity contribution is -0.118. The van der Waals surface area contributed by atoms with E-state index >= 15 is 0 Å². The lowest BCUT2D eigenvalue weighted by Gasteiger charge is -2.41. The summed E-state index contributed by atoms with van der Waals surface area (Å²) < 4.78 is 5.15. The Bertz CT molecular complexity index is 530. The molecule has 1 aliphatic rings. The van der Waals surface area contributed by atoms with Crippen LogP contribution in [0.3, 0.4) is 0 Å². The second kappa shape index (κ2) is 8.60. The van der Waals surface area contributed by atoms with E-state index in [1.54, 1.807) is 6.07 Å². The van der Waals surface area contributed by atoms with Crippen molar-refractivity contribution in [3.8, 4) is 0 Å². The number of β-amino-alcohol motifs (C(OH)–C–C–N with tert-alkyl or cyclic N) is 1. The zero-order chi connectivity index (χ0) is 17.7. The first-order valence-corrected chi connectivity index (χ1v) is 8.80. The van der Waals surface area contributed by atoms with Crippen LogP contribution in [0.25, 0.3) is 0 Å². The SMILES string of the molecule is CCC1CN(CC(=O)Nc2cc(C(C)C)no2)CCN1CC(C)O. The highest BCUT2D eigenvalue weighted by Crippen LogP contribution is 2.18. The van der Waals surface area contributed by atoms with E-state index in [4.69, 9.17) is 4.52 Å². The molecular weight excluding hydrogens is 308 g/mol. The summed E-state index contributed by atoms with van der Waals surface area (Å²) in [5, 5.41) is 16.3. The van der Waals surface area contributed by atoms with E-state index in [0.29, 0.717) is 25.0 Å². The molecule has 24 heavy (non-hydrogen) atoms. The van der Waals surface area contributed by atoms with Crippen molar-refractivity contribution in [2.75, 3.05) is 38.0 Å². The van der Waals surface area contributed by atoms with Crippen molar-refractivity contribution in [2.24, 2.45) is 0 Å². The highest BCUT2D eigenvalue weighted by atomic mass is 16.5. The topological polar surface area (TPSA) is 81.8 Å². The monoisotopic (exact) mass is 338 g/mol. The number of aliphatic hydroxyl groups excluding tert-OH is 1. The standard InChI is InChI=1S/C17H30N4O3/c1-5-14-10-20(6-7-21(14)9-13(4)22)11-16(23)18-17-8-15(12(2)3)19-24-17/h8,12-14,22H,5-7,9-11H2,1-4H3,(H,18,23). The second-order valence-corrected chi connectivity index (χ2v) is 6.96. The molecule has 0 aliphatic carbocycles. The molecule has 0 saturated carbocycles. The molecule has 1 aromatic rings. The van der Waals surface area contributed by atoms with Gasteiger partial charge in [0.15, 0.2) is 0 Å². The largest absolute Gasteiger partial charge is 0.392 e. The van der Waals surface area contributed by atoms with Gasteiger partial charge in [0.2, 0.25) is 11.8 Å². The molecule has 136 valence electrons. The molecule has 0 radical (unpaired) electrons. The smallest absolute Gasteiger partial charge is 0.240 e. The van der Waals surface area contributed by atoms with Crippen molar-refractivity contribution in [1.29, 1.82) is 0 Å². The molecule has 0 aromatic carbocycles. The van der Waals surface area contributed by atoms with Crippen LogP contribution in [0.1, 0.15) is 45.7 Å². The fourth-order valence-corrected chi connectivity index (χ4v) is 3.07. The first-order valence-electron chi connectivity index (χ1n) is 8.80. The van der Waals surface area contributed by atoms with Gasteiger partial charge in [0, 0.05) is 38.3 Å². The Labute approximate surface area is 144 Å². The van der Waals surface area contributed by atoms with Crippen molar-refractivity contribution < 1.29 is 14.4 Å². The Balaban J connectivity index is 1.83. The summed E-state index contributed by atoms with van der Waals surface area (Å²) in [6, 6.07) is 2.15. The third-order valence-electron chi connectivity index (χ3n) is 4.41. The maximum atomic E-state index is 12.2. The Morgan fingerprint density at radius 2 is 2.21 bits per heavy atom. The summed E-state index contributed by atoms with van der Waals surface area (Å²) >= 11 is 0. The van der Waals surface area contributed by atoms with Gasteiger partial charge in [-0.3, -0.25) is 19.9 Å². The van der Waals surface area contributed by atoms with Gasteiger partial charge in [-0.2, -0.15) is 0 Å². The first-order chi connectivity index (χ1) is 11.4. The van der Waals surface area contributed by atoms with E-state index in [1.807, 2.05) is 20.8 Å². The normalized spacial score (nSPS) is 21.2. The number of anilines is 1. The van der Waals surface area contributed by atoms with Crippen molar-refractivity contribution in [3.05, 3.63) is 11.8 Å². The van der Waals surface area contributed by atoms with Crippen LogP contribution in [0.2, 0.25) is 0 Å². The maximum absolute atomic E-state index is 12.2. The molecule has 2 unspecified atom stereocenters. The zero-order valence-corrected chi connectivity index (χ0v) is 15.2. The third kappa shape index (κ3) is 5.29. The molecular formula is C17H30N4O3. The lowest BCUT2D eigenvalue weighted by atomic mass is 10.1. The molecule has 7 nitrogen and oxygen atoms in total. The van der Waals surface area contributed by atoms with Gasteiger partial charge < -0.3 is 9.63 Å². The Kier molecular flexibility index (Phi) is 6.77. The number of carbonyl (C=O) groups is 1. The second-order valence-electron chi connectivity index (χ2n) is 6.96. The van der Waals surface area contributed by atoms with Gasteiger partial charge in [-0.15, -0.1) is 0 Å². The predicted octanol–water partition coefficient (Wildman–Crippen LogP) is 1.51. The van der Waals surface area contributed by atoms with Gasteiger partial charge in [-0.05, 0) is 19.3 Å². The van der Waals surface area contributed by atoms with E-state index in [-0.39, 0.29) is 17.9 Å². The highest BCUT2D eigenvalue weighted by molar-refractivity contribution is 5.91. The van der Waals surface area contributed by atoms with Crippen molar-refractivity contribution in [1.82, 2.24) is 15.0 Å². The number of hydrogen-bond donors (Lipinski definition) is 2. The van der Waals surface area contributed by atoms with Gasteiger partial charge in [-0.25, -0.2) is 0 Å². The molecule has 1 aromatic heterocycles. The van der Waals surface area contributed by atoms with Crippen molar-refractivity contribution >= 4 is 11.8 Å². The van der Waals surface area contributed by atoms with Crippen LogP contribution >= 0.6 is 0 Å². The Hall–Kier alpha value is -1.44. The first kappa shape index (κ1) is 18.9. The number of carbonyl (C=O) groups excluding carboxylic acids is 1. The molecule has 1 amide bonds. The van der Waals surface area contributed by atoms with Crippen LogP contribution in [0, 0.1) is 0 Å². The summed E-state index contributed by atoms with van der Waals surface area (Å²) in [5.41, 5.74) is 0.836. The summed E-state index contributed by atoms with van der Waals surface area (Å²) in [6.45, 7) is 11.6. The predicted molar refractivity (Wildman–Crippen MR) is 93.0 cm³/mol. The summed E-state index contributed by atoms with van der Waals surface area (Å²) in [7, 11) is 0. The number of rotatable bonds is 7. The fraction of sp³-hybridized carbons (Fsp3) is 0.765. The van der Waals surface area contributed by atoms with E-state index in [2.05, 4.69) is 27.2 Å². The molecule has 0 spiro atoms. The third-order valence-corrected chi connectivity index (χ3v) is 4.41. The zero-order valence-electron chi connectivity index (χ0n) is 15.2. The minimum Gasteiger partial charge on any atom is -0.392 e. The number of amides is 1. The summed E-state index contributed by atoms with van der Waals surface area (Å²) in [6.07, 6.45) is 0.681. The van der Waals surface area contributed by atoms with Crippen LogP contribution in [0.4, 0.5) is 5.88 Å². The number of hydrogen-bond acceptors (Lipinski definition) is 6. The van der Waals surface area contributed by atoms with Gasteiger partial charge in [-0.1, -0.05) is 25.9 Å². The molecule has 1 saturated heterocycles. The van der Waals surface area contributed by atoms with Crippen molar-refractivity contribution in [3.63, 3.8) is 0 Å². The molecule has 2 heterocycles. The number of nitrogens with zero attached hydrogens (tertiary/aromatic N) is 3. The molecule has 2 rings (SSSR count). The molecule has 2 atom stereocenters. The van der Waals surface area contributed by atoms with Gasteiger partial charge in [0.1, 0.15) is 0 Å². The van der Waals surface area contributed by atoms with E-state index in [0.717, 1.165) is 31.7 Å². The van der Waals surface area contributed by atoms with Crippen LogP contribution in [0.5, 0.6) is 0 Å². The number of aliphatic hydroxyl groups is 1. The van der Waals surface area contributed by atoms with E-state index in [1.165, 1.54) is 0 Å². The summed E-state index contributed by atoms with van der Waals surface area (Å²) in [5.74, 6) is 0.593. The highest BCUT2D eigenvalue weighted by Gasteiger charge is 2.27. The number of piperazine rings is 1. The Morgan fingerprint density at radius 3 is 2.79 bits per heavy atom. The molecule has 7 heteroatoms. The molecule has 2 N–H and O–H groups in total. The van der Waals surface area contributed by atoms with Crippen molar-refractivity contribution in [2.45, 2.75) is 52.2 Å². The van der Waals surface area contributed by atoms with Crippen LogP contribution in [-0.2, 0) is 4.79 Å². The Morgan fingerprint density at radius 1 is 1.46 bits per heavy atom. The van der Waals surface area contributed by atoms with E-state index < -0.39 is 0 Å². The van der Waals surface area contributed by atoms with Crippen LogP contribution in [0.15, 0.2) is 10.6 Å². The quantitative estimate of drug-likeness (QED) is 0.784. The lowest BCUT2D eigenvalue weighted by Crippen LogP contribution is -2.55. The minimum absolute atomic E-state index is 0.0831. The molecule has 0 bridgehead atoms. The van der Waals surface area contributed by atoms with Gasteiger partial charge in [0.05, 0.1) is 18.3 Å². The average molecular weight is 338 g/mol. The van der Waals surface area contributed by atoms with Crippen LogP contribution < -0.4 is 5.32 Å². The number of aromatic nitrogens is 1. The van der Waals surface area contributed by atoms with Gasteiger partial charge in [0.25, 0.3) is 0 Å². The minimum atomic E-state index is -0.324. The molecule has 1 aliphatic heterocycles. The van der Waals surface area contributed by atoms with Crippen LogP contribution in [-0.4, -0.2) is 70.8 Å². The molecule has 1 fully saturated rings. The maximum Gasteiger partial charge on any atom is 0.240 e. The van der Waals surface area contributed by atoms with E-state index in [9.17, 15) is 9.90 Å². The average Bonchev–Trinajstić information content (AvgIpc) is 2.96. The fourth-order valence-electron chi connectivity index (χ4n) is 3.07. The van der Waals surface area contributed by atoms with Gasteiger partial charge >= 0.3 is 0 Å².